The third-order valence-electron chi connectivity index (χ3n) is 2.78. The van der Waals surface area contributed by atoms with Gasteiger partial charge in [-0.1, -0.05) is 6.07 Å². The summed E-state index contributed by atoms with van der Waals surface area (Å²) in [5, 5.41) is 0.657. The molecule has 3 nitrogen and oxygen atoms in total. The van der Waals surface area contributed by atoms with Gasteiger partial charge in [0.25, 0.3) is 0 Å². The molecule has 0 spiro atoms. The van der Waals surface area contributed by atoms with Crippen LogP contribution in [0, 0.1) is 0 Å². The summed E-state index contributed by atoms with van der Waals surface area (Å²) in [6.45, 7) is 1.52. The van der Waals surface area contributed by atoms with Crippen LogP contribution in [-0.4, -0.2) is 16.6 Å². The molecule has 0 saturated heterocycles. The lowest BCUT2D eigenvalue weighted by atomic mass is 10.1. The summed E-state index contributed by atoms with van der Waals surface area (Å²) in [5.41, 5.74) is 1.45. The zero-order valence-electron chi connectivity index (χ0n) is 9.98. The Kier molecular flexibility index (Phi) is 3.07. The lowest BCUT2D eigenvalue weighted by molar-refractivity contribution is 0.101. The molecule has 88 valence electrons. The maximum atomic E-state index is 12.1. The van der Waals surface area contributed by atoms with Crippen LogP contribution in [0.3, 0.4) is 0 Å². The third-order valence-corrected chi connectivity index (χ3v) is 3.51. The number of rotatable bonds is 2. The lowest BCUT2D eigenvalue weighted by Crippen LogP contribution is -2.10. The maximum absolute atomic E-state index is 12.1. The van der Waals surface area contributed by atoms with E-state index in [1.54, 1.807) is 24.4 Å². The average Bonchev–Trinajstić information content (AvgIpc) is 2.33. The van der Waals surface area contributed by atoms with Crippen molar-refractivity contribution in [1.29, 1.82) is 0 Å². The van der Waals surface area contributed by atoms with Gasteiger partial charge >= 0.3 is 0 Å². The van der Waals surface area contributed by atoms with Gasteiger partial charge in [0.2, 0.25) is 5.43 Å². The molecule has 1 heterocycles. The number of benzene rings is 1. The monoisotopic (exact) mass is 247 g/mol. The number of carbonyl (C=O) groups is 1. The summed E-state index contributed by atoms with van der Waals surface area (Å²) < 4.78 is 1.88. The van der Waals surface area contributed by atoms with Crippen molar-refractivity contribution in [3.63, 3.8) is 0 Å². The number of Topliss-reactive ketones (excluding diaryl/α,β-unsaturated/α-hetero) is 1. The number of hydrogen-bond donors (Lipinski definition) is 0. The van der Waals surface area contributed by atoms with E-state index in [4.69, 9.17) is 0 Å². The van der Waals surface area contributed by atoms with E-state index in [0.29, 0.717) is 10.9 Å². The molecular weight excluding hydrogens is 234 g/mol. The Balaban J connectivity index is 2.85. The molecule has 0 atom stereocenters. The number of aryl methyl sites for hydroxylation is 1. The second-order valence-corrected chi connectivity index (χ2v) is 4.77. The van der Waals surface area contributed by atoms with Crippen molar-refractivity contribution in [2.24, 2.45) is 7.05 Å². The third kappa shape index (κ3) is 2.00. The van der Waals surface area contributed by atoms with Crippen LogP contribution >= 0.6 is 11.8 Å². The van der Waals surface area contributed by atoms with Crippen molar-refractivity contribution >= 4 is 28.4 Å². The van der Waals surface area contributed by atoms with Gasteiger partial charge in [-0.25, -0.2) is 0 Å². The Morgan fingerprint density at radius 3 is 2.65 bits per heavy atom. The van der Waals surface area contributed by atoms with Crippen molar-refractivity contribution in [1.82, 2.24) is 4.57 Å². The Bertz CT molecular complexity index is 658. The number of carbonyl (C=O) groups excluding carboxylic acids is 1. The van der Waals surface area contributed by atoms with E-state index >= 15 is 0 Å². The molecule has 0 N–H and O–H groups in total. The van der Waals surface area contributed by atoms with Gasteiger partial charge < -0.3 is 4.57 Å². The van der Waals surface area contributed by atoms with Crippen molar-refractivity contribution in [2.75, 3.05) is 6.26 Å². The number of fused-ring (bicyclic) bond motifs is 1. The molecule has 0 radical (unpaired) electrons. The topological polar surface area (TPSA) is 39.1 Å². The molecule has 0 aliphatic heterocycles. The van der Waals surface area contributed by atoms with E-state index in [1.807, 2.05) is 17.9 Å². The van der Waals surface area contributed by atoms with Gasteiger partial charge in [-0.3, -0.25) is 9.59 Å². The molecule has 0 saturated carbocycles. The van der Waals surface area contributed by atoms with Gasteiger partial charge in [0.15, 0.2) is 5.78 Å². The van der Waals surface area contributed by atoms with Gasteiger partial charge in [0.1, 0.15) is 0 Å². The first-order valence-corrected chi connectivity index (χ1v) is 6.45. The van der Waals surface area contributed by atoms with Crippen LogP contribution in [0.4, 0.5) is 0 Å². The number of aromatic nitrogens is 1. The minimum Gasteiger partial charge on any atom is -0.349 e. The number of thioether (sulfide) groups is 1. The smallest absolute Gasteiger partial charge is 0.202 e. The average molecular weight is 247 g/mol. The summed E-state index contributed by atoms with van der Waals surface area (Å²) in [5.74, 6) is 0.00768. The van der Waals surface area contributed by atoms with Crippen molar-refractivity contribution in [3.8, 4) is 0 Å². The summed E-state index contributed by atoms with van der Waals surface area (Å²) in [7, 11) is 1.88. The van der Waals surface area contributed by atoms with Crippen LogP contribution in [0.2, 0.25) is 0 Å². The number of ketones is 1. The highest BCUT2D eigenvalue weighted by molar-refractivity contribution is 7.98. The minimum absolute atomic E-state index is 0.00768. The zero-order chi connectivity index (χ0) is 12.6. The van der Waals surface area contributed by atoms with Gasteiger partial charge in [-0.15, -0.1) is 11.8 Å². The summed E-state index contributed by atoms with van der Waals surface area (Å²) in [6, 6.07) is 5.20. The van der Waals surface area contributed by atoms with Crippen LogP contribution in [0.25, 0.3) is 10.9 Å². The highest BCUT2D eigenvalue weighted by atomic mass is 32.2. The second-order valence-electron chi connectivity index (χ2n) is 3.93. The number of hydrogen-bond acceptors (Lipinski definition) is 3. The molecule has 0 unspecified atom stereocenters. The van der Waals surface area contributed by atoms with Crippen LogP contribution in [0.15, 0.2) is 34.1 Å². The largest absolute Gasteiger partial charge is 0.349 e. The number of nitrogens with zero attached hydrogens (tertiary/aromatic N) is 1. The van der Waals surface area contributed by atoms with Gasteiger partial charge in [-0.2, -0.15) is 0 Å². The number of pyridine rings is 1. The fourth-order valence-corrected chi connectivity index (χ4v) is 2.38. The molecule has 0 aliphatic carbocycles. The fourth-order valence-electron chi connectivity index (χ4n) is 1.82. The van der Waals surface area contributed by atoms with E-state index < -0.39 is 0 Å². The molecule has 0 amide bonds. The molecule has 0 aliphatic rings. The first-order valence-electron chi connectivity index (χ1n) is 5.23. The zero-order valence-corrected chi connectivity index (χ0v) is 10.8. The first kappa shape index (κ1) is 11.9. The Labute approximate surface area is 103 Å². The molecule has 2 rings (SSSR count). The predicted molar refractivity (Wildman–Crippen MR) is 71.0 cm³/mol. The standard InChI is InChI=1S/C13H13NO2S/c1-8(15)9-4-5-10-11(6-9)14(2)7-12(17-3)13(10)16/h4-7H,1-3H3. The van der Waals surface area contributed by atoms with Crippen molar-refractivity contribution < 1.29 is 4.79 Å². The SMILES string of the molecule is CSc1cn(C)c2cc(C(C)=O)ccc2c1=O. The molecule has 1 aromatic carbocycles. The molecule has 17 heavy (non-hydrogen) atoms. The quantitative estimate of drug-likeness (QED) is 0.604. The van der Waals surface area contributed by atoms with Crippen LogP contribution in [0.1, 0.15) is 17.3 Å². The van der Waals surface area contributed by atoms with Gasteiger partial charge in [0.05, 0.1) is 10.4 Å². The van der Waals surface area contributed by atoms with Gasteiger partial charge in [0, 0.05) is 24.2 Å². The van der Waals surface area contributed by atoms with Gasteiger partial charge in [-0.05, 0) is 25.3 Å². The molecule has 4 heteroatoms. The van der Waals surface area contributed by atoms with Crippen molar-refractivity contribution in [3.05, 3.63) is 40.2 Å². The van der Waals surface area contributed by atoms with E-state index in [-0.39, 0.29) is 11.2 Å². The maximum Gasteiger partial charge on any atom is 0.202 e. The minimum atomic E-state index is 0.00768. The van der Waals surface area contributed by atoms with Crippen LogP contribution < -0.4 is 5.43 Å². The molecule has 0 fully saturated rings. The predicted octanol–water partition coefficient (Wildman–Crippen LogP) is 2.46. The summed E-state index contributed by atoms with van der Waals surface area (Å²) in [4.78, 5) is 24.1. The highest BCUT2D eigenvalue weighted by Crippen LogP contribution is 2.17. The lowest BCUT2D eigenvalue weighted by Gasteiger charge is -2.08. The van der Waals surface area contributed by atoms with Crippen LogP contribution in [-0.2, 0) is 7.05 Å². The first-order chi connectivity index (χ1) is 8.04. The fraction of sp³-hybridized carbons (Fsp3) is 0.231. The molecule has 1 aromatic heterocycles. The van der Waals surface area contributed by atoms with Crippen LogP contribution in [0.5, 0.6) is 0 Å². The molecular formula is C13H13NO2S. The Morgan fingerprint density at radius 2 is 2.06 bits per heavy atom. The Morgan fingerprint density at radius 1 is 1.35 bits per heavy atom. The second kappa shape index (κ2) is 4.37. The summed E-state index contributed by atoms with van der Waals surface area (Å²) in [6.07, 6.45) is 3.69. The van der Waals surface area contributed by atoms with Crippen molar-refractivity contribution in [2.45, 2.75) is 11.8 Å². The van der Waals surface area contributed by atoms with E-state index in [0.717, 1.165) is 10.4 Å². The summed E-state index contributed by atoms with van der Waals surface area (Å²) >= 11 is 1.43. The highest BCUT2D eigenvalue weighted by Gasteiger charge is 2.08. The van der Waals surface area contributed by atoms with E-state index in [2.05, 4.69) is 0 Å². The van der Waals surface area contributed by atoms with E-state index in [1.165, 1.54) is 18.7 Å². The molecule has 0 bridgehead atoms. The molecule has 2 aromatic rings. The normalized spacial score (nSPS) is 10.8. The van der Waals surface area contributed by atoms with E-state index in [9.17, 15) is 9.59 Å². The Hall–Kier alpha value is -1.55.